The summed E-state index contributed by atoms with van der Waals surface area (Å²) in [5, 5.41) is 7.98. The van der Waals surface area contributed by atoms with Crippen molar-refractivity contribution in [3.63, 3.8) is 0 Å². The standard InChI is InChI=1S/C32H36N8O9/c1-46-22-13-17(12-18-15-37-32(34)39-28(18)33)14-23(47-2)27(22)49-16-25(42)36-9-11-48-10-8-35-20-5-3-4-19-26(20)31(45)40(30(19)44)21-6-7-24(41)38-29(21)43/h3-5,13-15,21,35H,6-12,16H2,1-2H3,(H,36,42)(H,38,41,43)(H4,33,34,37,39). The fourth-order valence-electron chi connectivity index (χ4n) is 5.44. The molecule has 0 spiro atoms. The topological polar surface area (TPSA) is 239 Å². The van der Waals surface area contributed by atoms with Crippen LogP contribution in [0.4, 0.5) is 17.5 Å². The quantitative estimate of drug-likeness (QED) is 0.107. The number of benzene rings is 2. The van der Waals surface area contributed by atoms with E-state index < -0.39 is 35.6 Å². The number of hydrogen-bond donors (Lipinski definition) is 5. The van der Waals surface area contributed by atoms with Gasteiger partial charge in [-0.3, -0.25) is 34.2 Å². The Morgan fingerprint density at radius 3 is 2.47 bits per heavy atom. The molecular formula is C32H36N8O9. The summed E-state index contributed by atoms with van der Waals surface area (Å²) >= 11 is 0. The third-order valence-corrected chi connectivity index (χ3v) is 7.78. The number of nitrogens with zero attached hydrogens (tertiary/aromatic N) is 3. The number of carbonyl (C=O) groups is 5. The molecule has 1 saturated heterocycles. The zero-order valence-electron chi connectivity index (χ0n) is 26.9. The van der Waals surface area contributed by atoms with E-state index >= 15 is 0 Å². The lowest BCUT2D eigenvalue weighted by molar-refractivity contribution is -0.136. The smallest absolute Gasteiger partial charge is 0.264 e. The number of nitrogens with one attached hydrogen (secondary N) is 3. The number of amides is 5. The Hall–Kier alpha value is -5.97. The maximum absolute atomic E-state index is 13.2. The highest BCUT2D eigenvalue weighted by atomic mass is 16.5. The van der Waals surface area contributed by atoms with Crippen LogP contribution in [0.2, 0.25) is 0 Å². The monoisotopic (exact) mass is 676 g/mol. The molecule has 0 aliphatic carbocycles. The third-order valence-electron chi connectivity index (χ3n) is 7.78. The molecule has 17 heteroatoms. The highest BCUT2D eigenvalue weighted by Gasteiger charge is 2.45. The van der Waals surface area contributed by atoms with Crippen molar-refractivity contribution in [3.05, 3.63) is 58.8 Å². The lowest BCUT2D eigenvalue weighted by Crippen LogP contribution is -2.54. The van der Waals surface area contributed by atoms with E-state index in [1.54, 1.807) is 30.5 Å². The summed E-state index contributed by atoms with van der Waals surface area (Å²) < 4.78 is 22.3. The molecule has 3 heterocycles. The first-order valence-corrected chi connectivity index (χ1v) is 15.3. The van der Waals surface area contributed by atoms with Crippen molar-refractivity contribution in [3.8, 4) is 17.2 Å². The number of nitrogen functional groups attached to an aromatic ring is 2. The van der Waals surface area contributed by atoms with Crippen LogP contribution in [0.5, 0.6) is 17.2 Å². The summed E-state index contributed by atoms with van der Waals surface area (Å²) in [5.41, 5.74) is 13.7. The van der Waals surface area contributed by atoms with Crippen LogP contribution in [-0.4, -0.2) is 97.6 Å². The SMILES string of the molecule is COc1cc(Cc2cnc(N)nc2N)cc(OC)c1OCC(=O)NCCOCCNc1cccc2c1C(=O)N(C1CCC(=O)NC1=O)C2=O. The normalized spacial score (nSPS) is 15.5. The molecule has 1 aromatic heterocycles. The average Bonchev–Trinajstić information content (AvgIpc) is 3.33. The molecule has 49 heavy (non-hydrogen) atoms. The minimum absolute atomic E-state index is 0.0387. The number of ether oxygens (including phenoxy) is 4. The van der Waals surface area contributed by atoms with Crippen LogP contribution in [0.15, 0.2) is 36.5 Å². The van der Waals surface area contributed by atoms with E-state index in [1.165, 1.54) is 20.3 Å². The van der Waals surface area contributed by atoms with E-state index in [9.17, 15) is 24.0 Å². The zero-order valence-corrected chi connectivity index (χ0v) is 26.9. The largest absolute Gasteiger partial charge is 0.493 e. The van der Waals surface area contributed by atoms with E-state index in [2.05, 4.69) is 25.9 Å². The number of fused-ring (bicyclic) bond motifs is 1. The van der Waals surface area contributed by atoms with Crippen molar-refractivity contribution >= 4 is 47.0 Å². The van der Waals surface area contributed by atoms with Crippen LogP contribution < -0.4 is 41.6 Å². The molecular weight excluding hydrogens is 640 g/mol. The van der Waals surface area contributed by atoms with E-state index in [0.717, 1.165) is 10.5 Å². The maximum Gasteiger partial charge on any atom is 0.264 e. The van der Waals surface area contributed by atoms with Crippen LogP contribution in [0, 0.1) is 0 Å². The molecule has 2 aliphatic heterocycles. The summed E-state index contributed by atoms with van der Waals surface area (Å²) in [6.45, 7) is 0.606. The molecule has 3 aromatic rings. The number of nitrogens with two attached hydrogens (primary N) is 2. The third kappa shape index (κ3) is 7.78. The fourth-order valence-corrected chi connectivity index (χ4v) is 5.44. The highest BCUT2D eigenvalue weighted by molar-refractivity contribution is 6.25. The second-order valence-electron chi connectivity index (χ2n) is 11.0. The summed E-state index contributed by atoms with van der Waals surface area (Å²) in [7, 11) is 2.94. The molecule has 258 valence electrons. The predicted molar refractivity (Wildman–Crippen MR) is 174 cm³/mol. The predicted octanol–water partition coefficient (Wildman–Crippen LogP) is 0.274. The maximum atomic E-state index is 13.2. The molecule has 2 aromatic carbocycles. The van der Waals surface area contributed by atoms with Crippen molar-refractivity contribution in [2.24, 2.45) is 0 Å². The Kier molecular flexibility index (Phi) is 10.7. The number of imide groups is 2. The number of piperidine rings is 1. The Morgan fingerprint density at radius 1 is 1.04 bits per heavy atom. The Bertz CT molecular complexity index is 1760. The number of anilines is 3. The molecule has 5 rings (SSSR count). The number of carbonyl (C=O) groups excluding carboxylic acids is 5. The Labute approximate surface area is 280 Å². The van der Waals surface area contributed by atoms with Gasteiger partial charge in [-0.15, -0.1) is 0 Å². The van der Waals surface area contributed by atoms with Crippen LogP contribution in [0.1, 0.15) is 44.7 Å². The van der Waals surface area contributed by atoms with Gasteiger partial charge in [-0.05, 0) is 36.2 Å². The second kappa shape index (κ2) is 15.3. The number of aromatic nitrogens is 2. The van der Waals surface area contributed by atoms with Gasteiger partial charge in [0.1, 0.15) is 11.9 Å². The zero-order chi connectivity index (χ0) is 35.1. The van der Waals surface area contributed by atoms with Gasteiger partial charge < -0.3 is 41.0 Å². The van der Waals surface area contributed by atoms with E-state index in [-0.39, 0.29) is 67.8 Å². The van der Waals surface area contributed by atoms with E-state index in [4.69, 9.17) is 30.4 Å². The van der Waals surface area contributed by atoms with Gasteiger partial charge in [0.15, 0.2) is 18.1 Å². The van der Waals surface area contributed by atoms with Crippen LogP contribution in [-0.2, 0) is 25.5 Å². The van der Waals surface area contributed by atoms with Crippen LogP contribution in [0.3, 0.4) is 0 Å². The first kappa shape index (κ1) is 34.4. The number of methoxy groups -OCH3 is 2. The minimum atomic E-state index is -1.05. The van der Waals surface area contributed by atoms with Gasteiger partial charge in [-0.1, -0.05) is 6.07 Å². The molecule has 0 saturated carbocycles. The lowest BCUT2D eigenvalue weighted by Gasteiger charge is -2.27. The Morgan fingerprint density at radius 2 is 1.78 bits per heavy atom. The van der Waals surface area contributed by atoms with Gasteiger partial charge in [0.25, 0.3) is 17.7 Å². The summed E-state index contributed by atoms with van der Waals surface area (Å²) in [6, 6.07) is 7.23. The molecule has 1 atom stereocenters. The van der Waals surface area contributed by atoms with Crippen molar-refractivity contribution in [1.29, 1.82) is 0 Å². The van der Waals surface area contributed by atoms with Gasteiger partial charge in [-0.25, -0.2) is 4.98 Å². The van der Waals surface area contributed by atoms with Gasteiger partial charge in [0.05, 0.1) is 38.6 Å². The van der Waals surface area contributed by atoms with Crippen LogP contribution in [0.25, 0.3) is 0 Å². The fraction of sp³-hybridized carbons (Fsp3) is 0.344. The number of hydrogen-bond acceptors (Lipinski definition) is 14. The molecule has 1 unspecified atom stereocenters. The van der Waals surface area contributed by atoms with Crippen LogP contribution >= 0.6 is 0 Å². The molecule has 17 nitrogen and oxygen atoms in total. The van der Waals surface area contributed by atoms with Crippen molar-refractivity contribution in [2.75, 3.05) is 63.9 Å². The Balaban J connectivity index is 1.05. The van der Waals surface area contributed by atoms with Crippen molar-refractivity contribution in [1.82, 2.24) is 25.5 Å². The molecule has 1 fully saturated rings. The molecule has 0 radical (unpaired) electrons. The average molecular weight is 677 g/mol. The number of rotatable bonds is 15. The molecule has 7 N–H and O–H groups in total. The summed E-state index contributed by atoms with van der Waals surface area (Å²) in [6.07, 6.45) is 2.04. The first-order chi connectivity index (χ1) is 23.6. The minimum Gasteiger partial charge on any atom is -0.493 e. The lowest BCUT2D eigenvalue weighted by atomic mass is 10.0. The molecule has 2 aliphatic rings. The van der Waals surface area contributed by atoms with Gasteiger partial charge in [0, 0.05) is 43.4 Å². The summed E-state index contributed by atoms with van der Waals surface area (Å²) in [4.78, 5) is 71.4. The van der Waals surface area contributed by atoms with Gasteiger partial charge in [0.2, 0.25) is 23.5 Å². The van der Waals surface area contributed by atoms with Crippen molar-refractivity contribution in [2.45, 2.75) is 25.3 Å². The van der Waals surface area contributed by atoms with E-state index in [0.29, 0.717) is 35.7 Å². The first-order valence-electron chi connectivity index (χ1n) is 15.3. The highest BCUT2D eigenvalue weighted by Crippen LogP contribution is 2.39. The van der Waals surface area contributed by atoms with Gasteiger partial charge in [-0.2, -0.15) is 4.98 Å². The van der Waals surface area contributed by atoms with Crippen molar-refractivity contribution < 1.29 is 42.9 Å². The summed E-state index contributed by atoms with van der Waals surface area (Å²) in [5.74, 6) is -1.40. The molecule has 5 amide bonds. The van der Waals surface area contributed by atoms with E-state index in [1.807, 2.05) is 0 Å². The second-order valence-corrected chi connectivity index (χ2v) is 11.0. The van der Waals surface area contributed by atoms with Gasteiger partial charge >= 0.3 is 0 Å². The molecule has 0 bridgehead atoms.